The van der Waals surface area contributed by atoms with Crippen LogP contribution in [-0.2, 0) is 6.54 Å². The number of alkyl halides is 2. The Morgan fingerprint density at radius 3 is 2.26 bits per heavy atom. The quantitative estimate of drug-likeness (QED) is 0.240. The number of anilines is 1. The van der Waals surface area contributed by atoms with E-state index in [2.05, 4.69) is 35.6 Å². The van der Waals surface area contributed by atoms with Crippen molar-refractivity contribution >= 4 is 5.69 Å². The predicted octanol–water partition coefficient (Wildman–Crippen LogP) is 8.72. The van der Waals surface area contributed by atoms with Gasteiger partial charge in [-0.2, -0.15) is 8.78 Å². The van der Waals surface area contributed by atoms with Crippen LogP contribution in [0.4, 0.5) is 14.5 Å². The Morgan fingerprint density at radius 2 is 1.47 bits per heavy atom. The lowest BCUT2D eigenvalue weighted by Gasteiger charge is -2.31. The lowest BCUT2D eigenvalue weighted by Crippen LogP contribution is -2.16. The van der Waals surface area contributed by atoms with Crippen LogP contribution in [0.3, 0.4) is 0 Å². The maximum atomic E-state index is 13.3. The molecular weight excluding hydrogens is 480 g/mol. The smallest absolute Gasteiger partial charge is 0.387 e. The summed E-state index contributed by atoms with van der Waals surface area (Å²) in [6.07, 6.45) is -0.398. The van der Waals surface area contributed by atoms with Crippen molar-refractivity contribution in [2.45, 2.75) is 19.3 Å². The minimum Gasteiger partial charge on any atom is -0.480 e. The summed E-state index contributed by atoms with van der Waals surface area (Å²) in [6, 6.07) is 39.5. The van der Waals surface area contributed by atoms with Crippen LogP contribution in [0.1, 0.15) is 22.8 Å². The Labute approximate surface area is 220 Å². The molecule has 38 heavy (non-hydrogen) atoms. The van der Waals surface area contributed by atoms with Crippen LogP contribution in [0.2, 0.25) is 0 Å². The zero-order valence-electron chi connectivity index (χ0n) is 20.5. The Hall–Kier alpha value is -4.64. The van der Waals surface area contributed by atoms with Gasteiger partial charge in [0, 0.05) is 23.4 Å². The average molecular weight is 506 g/mol. The van der Waals surface area contributed by atoms with Gasteiger partial charge in [-0.25, -0.2) is 0 Å². The van der Waals surface area contributed by atoms with Crippen molar-refractivity contribution in [3.8, 4) is 33.8 Å². The lowest BCUT2D eigenvalue weighted by molar-refractivity contribution is -0.0496. The molecule has 3 nitrogen and oxygen atoms in total. The maximum Gasteiger partial charge on any atom is 0.387 e. The van der Waals surface area contributed by atoms with E-state index in [1.807, 2.05) is 72.8 Å². The molecule has 1 aliphatic heterocycles. The van der Waals surface area contributed by atoms with Crippen molar-refractivity contribution < 1.29 is 18.3 Å². The molecular formula is C33H25F2NO2. The van der Waals surface area contributed by atoms with E-state index in [1.54, 1.807) is 18.2 Å². The van der Waals surface area contributed by atoms with E-state index < -0.39 is 12.7 Å². The number of rotatable bonds is 7. The SMILES string of the molecule is FC(F)Oc1cccc2c1-c1ccc(-c3ccccc3NCc3ccccc3)cc1C(c1ccccc1)O2. The molecule has 188 valence electrons. The fourth-order valence-electron chi connectivity index (χ4n) is 4.99. The van der Waals surface area contributed by atoms with Gasteiger partial charge >= 0.3 is 6.61 Å². The molecule has 0 saturated heterocycles. The summed E-state index contributed by atoms with van der Waals surface area (Å²) in [6.45, 7) is -2.24. The van der Waals surface area contributed by atoms with Gasteiger partial charge < -0.3 is 14.8 Å². The zero-order valence-corrected chi connectivity index (χ0v) is 20.5. The molecule has 5 heteroatoms. The van der Waals surface area contributed by atoms with Gasteiger partial charge in [-0.15, -0.1) is 0 Å². The minimum absolute atomic E-state index is 0.0999. The number of halogens is 2. The third kappa shape index (κ3) is 4.71. The second-order valence-corrected chi connectivity index (χ2v) is 9.10. The average Bonchev–Trinajstić information content (AvgIpc) is 2.96. The first-order valence-electron chi connectivity index (χ1n) is 12.5. The number of benzene rings is 5. The van der Waals surface area contributed by atoms with Crippen molar-refractivity contribution in [1.82, 2.24) is 0 Å². The summed E-state index contributed by atoms with van der Waals surface area (Å²) in [5.74, 6) is 0.616. The van der Waals surface area contributed by atoms with E-state index >= 15 is 0 Å². The van der Waals surface area contributed by atoms with Crippen LogP contribution in [0.25, 0.3) is 22.3 Å². The summed E-state index contributed by atoms with van der Waals surface area (Å²) < 4.78 is 37.9. The molecule has 1 atom stereocenters. The number of hydrogen-bond acceptors (Lipinski definition) is 3. The summed E-state index contributed by atoms with van der Waals surface area (Å²) >= 11 is 0. The first-order valence-corrected chi connectivity index (χ1v) is 12.5. The van der Waals surface area contributed by atoms with Gasteiger partial charge in [-0.05, 0) is 46.5 Å². The van der Waals surface area contributed by atoms with Crippen LogP contribution in [0, 0.1) is 0 Å². The standard InChI is InChI=1S/C33H25F2NO2/c34-33(35)38-30-17-9-16-29-31(30)26-19-18-24(20-27(26)32(37-29)23-12-5-2-6-13-23)25-14-7-8-15-28(25)36-21-22-10-3-1-4-11-22/h1-20,32-33,36H,21H2. The molecule has 6 rings (SSSR count). The number of hydrogen-bond donors (Lipinski definition) is 1. The van der Waals surface area contributed by atoms with E-state index in [-0.39, 0.29) is 5.75 Å². The monoisotopic (exact) mass is 505 g/mol. The second-order valence-electron chi connectivity index (χ2n) is 9.10. The maximum absolute atomic E-state index is 13.3. The molecule has 0 saturated carbocycles. The number of ether oxygens (including phenoxy) is 2. The Balaban J connectivity index is 1.45. The zero-order chi connectivity index (χ0) is 25.9. The molecule has 0 radical (unpaired) electrons. The van der Waals surface area contributed by atoms with E-state index in [1.165, 1.54) is 5.56 Å². The normalized spacial score (nSPS) is 13.8. The Bertz CT molecular complexity index is 1550. The minimum atomic E-state index is -2.93. The summed E-state index contributed by atoms with van der Waals surface area (Å²) in [4.78, 5) is 0. The Kier molecular flexibility index (Phi) is 6.49. The highest BCUT2D eigenvalue weighted by molar-refractivity contribution is 5.86. The molecule has 0 fully saturated rings. The topological polar surface area (TPSA) is 30.5 Å². The first-order chi connectivity index (χ1) is 18.7. The number of nitrogens with one attached hydrogen (secondary N) is 1. The highest BCUT2D eigenvalue weighted by atomic mass is 19.3. The van der Waals surface area contributed by atoms with E-state index in [4.69, 9.17) is 9.47 Å². The lowest BCUT2D eigenvalue weighted by atomic mass is 9.86. The van der Waals surface area contributed by atoms with Crippen molar-refractivity contribution in [1.29, 1.82) is 0 Å². The molecule has 0 amide bonds. The molecule has 1 aliphatic rings. The molecule has 1 unspecified atom stereocenters. The third-order valence-corrected chi connectivity index (χ3v) is 6.72. The van der Waals surface area contributed by atoms with E-state index in [0.717, 1.165) is 33.5 Å². The highest BCUT2D eigenvalue weighted by Crippen LogP contribution is 2.50. The summed E-state index contributed by atoms with van der Waals surface area (Å²) in [5, 5.41) is 3.56. The van der Waals surface area contributed by atoms with Gasteiger partial charge in [0.25, 0.3) is 0 Å². The number of fused-ring (bicyclic) bond motifs is 3. The fraction of sp³-hybridized carbons (Fsp3) is 0.0909. The van der Waals surface area contributed by atoms with Crippen LogP contribution in [-0.4, -0.2) is 6.61 Å². The fourth-order valence-corrected chi connectivity index (χ4v) is 4.99. The first kappa shape index (κ1) is 23.7. The van der Waals surface area contributed by atoms with Crippen molar-refractivity contribution in [2.24, 2.45) is 0 Å². The van der Waals surface area contributed by atoms with Crippen molar-refractivity contribution in [3.63, 3.8) is 0 Å². The second kappa shape index (κ2) is 10.4. The van der Waals surface area contributed by atoms with Crippen LogP contribution >= 0.6 is 0 Å². The molecule has 1 N–H and O–H groups in total. The molecule has 0 aliphatic carbocycles. The van der Waals surface area contributed by atoms with E-state index in [9.17, 15) is 8.78 Å². The third-order valence-electron chi connectivity index (χ3n) is 6.72. The molecule has 0 bridgehead atoms. The highest BCUT2D eigenvalue weighted by Gasteiger charge is 2.31. The van der Waals surface area contributed by atoms with Crippen LogP contribution in [0.5, 0.6) is 11.5 Å². The largest absolute Gasteiger partial charge is 0.480 e. The van der Waals surface area contributed by atoms with Gasteiger partial charge in [-0.1, -0.05) is 97.1 Å². The molecule has 5 aromatic rings. The van der Waals surface area contributed by atoms with Crippen molar-refractivity contribution in [3.05, 3.63) is 138 Å². The molecule has 1 heterocycles. The van der Waals surface area contributed by atoms with Crippen molar-refractivity contribution in [2.75, 3.05) is 5.32 Å². The summed E-state index contributed by atoms with van der Waals surface area (Å²) in [7, 11) is 0. The summed E-state index contributed by atoms with van der Waals surface area (Å²) in [5.41, 5.74) is 7.46. The Morgan fingerprint density at radius 1 is 0.737 bits per heavy atom. The van der Waals surface area contributed by atoms with Crippen LogP contribution < -0.4 is 14.8 Å². The van der Waals surface area contributed by atoms with Gasteiger partial charge in [0.15, 0.2) is 0 Å². The van der Waals surface area contributed by atoms with Gasteiger partial charge in [0.05, 0.1) is 5.56 Å². The molecule has 0 spiro atoms. The van der Waals surface area contributed by atoms with E-state index in [0.29, 0.717) is 17.9 Å². The van der Waals surface area contributed by atoms with Gasteiger partial charge in [-0.3, -0.25) is 0 Å². The molecule has 0 aromatic heterocycles. The van der Waals surface area contributed by atoms with Crippen LogP contribution in [0.15, 0.2) is 121 Å². The molecule has 5 aromatic carbocycles. The number of para-hydroxylation sites is 1. The van der Waals surface area contributed by atoms with Gasteiger partial charge in [0.1, 0.15) is 17.6 Å². The predicted molar refractivity (Wildman–Crippen MR) is 147 cm³/mol. The van der Waals surface area contributed by atoms with Gasteiger partial charge in [0.2, 0.25) is 0 Å².